The molecule has 3 aromatic rings. The first kappa shape index (κ1) is 17.8. The van der Waals surface area contributed by atoms with Gasteiger partial charge in [0.05, 0.1) is 6.54 Å². The first-order valence-electron chi connectivity index (χ1n) is 9.27. The Morgan fingerprint density at radius 1 is 1.30 bits per heavy atom. The average Bonchev–Trinajstić information content (AvgIpc) is 3.36. The lowest BCUT2D eigenvalue weighted by Gasteiger charge is -2.33. The lowest BCUT2D eigenvalue weighted by Crippen LogP contribution is -2.42. The molecule has 0 unspecified atom stereocenters. The van der Waals surface area contributed by atoms with E-state index in [4.69, 9.17) is 4.42 Å². The number of thiophene rings is 1. The number of hydrogen-bond donors (Lipinski definition) is 0. The molecule has 0 aliphatic carbocycles. The van der Waals surface area contributed by atoms with Crippen molar-refractivity contribution in [2.45, 2.75) is 19.4 Å². The molecule has 2 aromatic heterocycles. The number of fused-ring (bicyclic) bond motifs is 1. The van der Waals surface area contributed by atoms with Crippen LogP contribution < -0.4 is 4.90 Å². The van der Waals surface area contributed by atoms with Crippen molar-refractivity contribution in [1.29, 1.82) is 0 Å². The molecule has 0 saturated carbocycles. The fourth-order valence-electron chi connectivity index (χ4n) is 3.55. The standard InChI is InChI=1S/C21H23N3O2S/c1-2-11-24(15-17-6-5-14-27-17)20(25)16-9-12-23(13-10-16)21-22-18-7-3-4-8-19(18)26-21/h2-8,14,16H,1,9-13,15H2. The number of para-hydroxylation sites is 2. The molecule has 0 bridgehead atoms. The van der Waals surface area contributed by atoms with Crippen molar-refractivity contribution < 1.29 is 9.21 Å². The van der Waals surface area contributed by atoms with Crippen LogP contribution in [0.3, 0.4) is 0 Å². The van der Waals surface area contributed by atoms with Crippen molar-refractivity contribution in [3.63, 3.8) is 0 Å². The van der Waals surface area contributed by atoms with Gasteiger partial charge in [-0.15, -0.1) is 17.9 Å². The molecule has 1 fully saturated rings. The van der Waals surface area contributed by atoms with Gasteiger partial charge in [0.25, 0.3) is 6.01 Å². The topological polar surface area (TPSA) is 49.6 Å². The highest BCUT2D eigenvalue weighted by Crippen LogP contribution is 2.27. The number of benzene rings is 1. The molecular formula is C21H23N3O2S. The summed E-state index contributed by atoms with van der Waals surface area (Å²) in [5.74, 6) is 0.269. The van der Waals surface area contributed by atoms with Gasteiger partial charge in [-0.2, -0.15) is 4.98 Å². The van der Waals surface area contributed by atoms with Crippen molar-refractivity contribution in [2.75, 3.05) is 24.5 Å². The molecule has 27 heavy (non-hydrogen) atoms. The Labute approximate surface area is 162 Å². The molecule has 1 saturated heterocycles. The van der Waals surface area contributed by atoms with Crippen LogP contribution in [0.4, 0.5) is 6.01 Å². The van der Waals surface area contributed by atoms with Crippen LogP contribution >= 0.6 is 11.3 Å². The Morgan fingerprint density at radius 3 is 2.81 bits per heavy atom. The number of rotatable bonds is 6. The fraction of sp³-hybridized carbons (Fsp3) is 0.333. The summed E-state index contributed by atoms with van der Waals surface area (Å²) in [6.45, 7) is 6.62. The molecule has 0 N–H and O–H groups in total. The second-order valence-corrected chi connectivity index (χ2v) is 7.84. The van der Waals surface area contributed by atoms with Crippen molar-refractivity contribution in [3.05, 3.63) is 59.3 Å². The maximum Gasteiger partial charge on any atom is 0.298 e. The van der Waals surface area contributed by atoms with E-state index in [0.717, 1.165) is 37.0 Å². The summed E-state index contributed by atoms with van der Waals surface area (Å²) in [7, 11) is 0. The monoisotopic (exact) mass is 381 g/mol. The third-order valence-electron chi connectivity index (χ3n) is 4.99. The van der Waals surface area contributed by atoms with Crippen LogP contribution in [0.5, 0.6) is 0 Å². The van der Waals surface area contributed by atoms with Gasteiger partial charge in [0, 0.05) is 30.4 Å². The minimum Gasteiger partial charge on any atom is -0.423 e. The summed E-state index contributed by atoms with van der Waals surface area (Å²) >= 11 is 1.68. The molecule has 1 aliphatic heterocycles. The summed E-state index contributed by atoms with van der Waals surface area (Å²) in [6, 6.07) is 12.5. The summed E-state index contributed by atoms with van der Waals surface area (Å²) in [4.78, 5) is 22.9. The number of piperidine rings is 1. The summed E-state index contributed by atoms with van der Waals surface area (Å²) < 4.78 is 5.87. The number of nitrogens with zero attached hydrogens (tertiary/aromatic N) is 3. The molecule has 1 amide bonds. The summed E-state index contributed by atoms with van der Waals surface area (Å²) in [5, 5.41) is 2.05. The molecular weight excluding hydrogens is 358 g/mol. The molecule has 6 heteroatoms. The van der Waals surface area contributed by atoms with Crippen LogP contribution in [-0.4, -0.2) is 35.4 Å². The first-order chi connectivity index (χ1) is 13.2. The molecule has 1 aromatic carbocycles. The normalized spacial score (nSPS) is 15.2. The van der Waals surface area contributed by atoms with Crippen molar-refractivity contribution in [3.8, 4) is 0 Å². The van der Waals surface area contributed by atoms with Crippen LogP contribution in [0.25, 0.3) is 11.1 Å². The van der Waals surface area contributed by atoms with Crippen LogP contribution in [0.1, 0.15) is 17.7 Å². The highest BCUT2D eigenvalue weighted by molar-refractivity contribution is 7.09. The lowest BCUT2D eigenvalue weighted by atomic mass is 9.95. The SMILES string of the molecule is C=CCN(Cc1cccs1)C(=O)C1CCN(c2nc3ccccc3o2)CC1. The van der Waals surface area contributed by atoms with Crippen LogP contribution in [0.2, 0.25) is 0 Å². The second-order valence-electron chi connectivity index (χ2n) is 6.81. The Kier molecular flexibility index (Phi) is 5.25. The van der Waals surface area contributed by atoms with Gasteiger partial charge in [-0.3, -0.25) is 4.79 Å². The first-order valence-corrected chi connectivity index (χ1v) is 10.1. The molecule has 1 aliphatic rings. The quantitative estimate of drug-likeness (QED) is 0.597. The predicted molar refractivity (Wildman–Crippen MR) is 109 cm³/mol. The van der Waals surface area contributed by atoms with Crippen molar-refractivity contribution >= 4 is 34.4 Å². The van der Waals surface area contributed by atoms with Crippen molar-refractivity contribution in [2.24, 2.45) is 5.92 Å². The number of amides is 1. The van der Waals surface area contributed by atoms with E-state index >= 15 is 0 Å². The van der Waals surface area contributed by atoms with E-state index in [0.29, 0.717) is 19.1 Å². The van der Waals surface area contributed by atoms with E-state index in [-0.39, 0.29) is 11.8 Å². The average molecular weight is 382 g/mol. The molecule has 0 radical (unpaired) electrons. The minimum atomic E-state index is 0.0468. The Balaban J connectivity index is 1.39. The van der Waals surface area contributed by atoms with E-state index in [2.05, 4.69) is 22.5 Å². The van der Waals surface area contributed by atoms with Gasteiger partial charge in [0.15, 0.2) is 5.58 Å². The number of carbonyl (C=O) groups is 1. The van der Waals surface area contributed by atoms with E-state index in [1.165, 1.54) is 4.88 Å². The van der Waals surface area contributed by atoms with Gasteiger partial charge in [0.2, 0.25) is 5.91 Å². The number of aromatic nitrogens is 1. The second kappa shape index (κ2) is 7.96. The lowest BCUT2D eigenvalue weighted by molar-refractivity contribution is -0.136. The molecule has 4 rings (SSSR count). The smallest absolute Gasteiger partial charge is 0.298 e. The van der Waals surface area contributed by atoms with E-state index < -0.39 is 0 Å². The minimum absolute atomic E-state index is 0.0468. The van der Waals surface area contributed by atoms with Gasteiger partial charge in [-0.25, -0.2) is 0 Å². The third-order valence-corrected chi connectivity index (χ3v) is 5.85. The third kappa shape index (κ3) is 3.90. The highest BCUT2D eigenvalue weighted by Gasteiger charge is 2.30. The van der Waals surface area contributed by atoms with Crippen LogP contribution in [-0.2, 0) is 11.3 Å². The van der Waals surface area contributed by atoms with Crippen LogP contribution in [0, 0.1) is 5.92 Å². The molecule has 140 valence electrons. The predicted octanol–water partition coefficient (Wildman–Crippen LogP) is 4.32. The fourth-order valence-corrected chi connectivity index (χ4v) is 4.27. The van der Waals surface area contributed by atoms with E-state index in [9.17, 15) is 4.79 Å². The largest absolute Gasteiger partial charge is 0.423 e. The highest BCUT2D eigenvalue weighted by atomic mass is 32.1. The Morgan fingerprint density at radius 2 is 2.11 bits per heavy atom. The van der Waals surface area contributed by atoms with Gasteiger partial charge >= 0.3 is 0 Å². The zero-order valence-corrected chi connectivity index (χ0v) is 16.0. The van der Waals surface area contributed by atoms with Crippen molar-refractivity contribution in [1.82, 2.24) is 9.88 Å². The maximum absolute atomic E-state index is 13.0. The zero-order valence-electron chi connectivity index (χ0n) is 15.2. The molecule has 5 nitrogen and oxygen atoms in total. The Hall–Kier alpha value is -2.60. The van der Waals surface area contributed by atoms with Gasteiger partial charge in [0.1, 0.15) is 5.52 Å². The van der Waals surface area contributed by atoms with Gasteiger partial charge < -0.3 is 14.2 Å². The van der Waals surface area contributed by atoms with Gasteiger partial charge in [-0.1, -0.05) is 24.3 Å². The number of anilines is 1. The number of hydrogen-bond acceptors (Lipinski definition) is 5. The molecule has 0 spiro atoms. The summed E-state index contributed by atoms with van der Waals surface area (Å²) in [6.07, 6.45) is 3.43. The van der Waals surface area contributed by atoms with E-state index in [1.54, 1.807) is 17.4 Å². The molecule has 3 heterocycles. The molecule has 0 atom stereocenters. The number of carbonyl (C=O) groups excluding carboxylic acids is 1. The zero-order chi connectivity index (χ0) is 18.6. The van der Waals surface area contributed by atoms with Gasteiger partial charge in [-0.05, 0) is 36.4 Å². The Bertz CT molecular complexity index is 878. The number of oxazole rings is 1. The maximum atomic E-state index is 13.0. The van der Waals surface area contributed by atoms with Crippen LogP contribution in [0.15, 0.2) is 58.9 Å². The summed E-state index contributed by atoms with van der Waals surface area (Å²) in [5.41, 5.74) is 1.68. The van der Waals surface area contributed by atoms with E-state index in [1.807, 2.05) is 40.6 Å².